The van der Waals surface area contributed by atoms with Crippen molar-refractivity contribution >= 4 is 6.47 Å². The second-order valence-electron chi connectivity index (χ2n) is 4.41. The zero-order chi connectivity index (χ0) is 9.19. The predicted octanol–water partition coefficient (Wildman–Crippen LogP) is 2.37. The SMILES string of the molecule is CC(C)C1CCC(C)(OC=O)C1. The van der Waals surface area contributed by atoms with Gasteiger partial charge < -0.3 is 4.74 Å². The fraction of sp³-hybridized carbons (Fsp3) is 0.900. The quantitative estimate of drug-likeness (QED) is 0.608. The Balaban J connectivity index is 2.48. The van der Waals surface area contributed by atoms with Crippen molar-refractivity contribution in [2.75, 3.05) is 0 Å². The van der Waals surface area contributed by atoms with Gasteiger partial charge in [-0.2, -0.15) is 0 Å². The van der Waals surface area contributed by atoms with Crippen LogP contribution in [0.4, 0.5) is 0 Å². The Labute approximate surface area is 74.3 Å². The van der Waals surface area contributed by atoms with Gasteiger partial charge in [-0.15, -0.1) is 0 Å². The monoisotopic (exact) mass is 170 g/mol. The minimum Gasteiger partial charge on any atom is -0.462 e. The van der Waals surface area contributed by atoms with Gasteiger partial charge in [-0.1, -0.05) is 13.8 Å². The van der Waals surface area contributed by atoms with Crippen molar-refractivity contribution in [2.24, 2.45) is 11.8 Å². The Morgan fingerprint density at radius 1 is 1.58 bits per heavy atom. The van der Waals surface area contributed by atoms with E-state index in [0.717, 1.165) is 18.8 Å². The van der Waals surface area contributed by atoms with E-state index in [4.69, 9.17) is 4.74 Å². The van der Waals surface area contributed by atoms with Crippen molar-refractivity contribution in [1.82, 2.24) is 0 Å². The molecule has 70 valence electrons. The molecule has 2 unspecified atom stereocenters. The highest BCUT2D eigenvalue weighted by molar-refractivity contribution is 5.38. The molecule has 0 aromatic heterocycles. The summed E-state index contributed by atoms with van der Waals surface area (Å²) in [7, 11) is 0. The maximum absolute atomic E-state index is 10.2. The minimum absolute atomic E-state index is 0.170. The van der Waals surface area contributed by atoms with Crippen molar-refractivity contribution in [1.29, 1.82) is 0 Å². The molecule has 1 rings (SSSR count). The third-order valence-electron chi connectivity index (χ3n) is 3.01. The van der Waals surface area contributed by atoms with Crippen molar-refractivity contribution in [3.63, 3.8) is 0 Å². The van der Waals surface area contributed by atoms with Gasteiger partial charge in [-0.25, -0.2) is 0 Å². The highest BCUT2D eigenvalue weighted by Gasteiger charge is 2.37. The van der Waals surface area contributed by atoms with Crippen LogP contribution in [-0.4, -0.2) is 12.1 Å². The van der Waals surface area contributed by atoms with Gasteiger partial charge in [0, 0.05) is 0 Å². The summed E-state index contributed by atoms with van der Waals surface area (Å²) >= 11 is 0. The number of hydrogen-bond donors (Lipinski definition) is 0. The molecule has 0 amide bonds. The first kappa shape index (κ1) is 9.56. The molecule has 0 heterocycles. The van der Waals surface area contributed by atoms with E-state index in [1.165, 1.54) is 6.42 Å². The van der Waals surface area contributed by atoms with E-state index in [9.17, 15) is 4.79 Å². The minimum atomic E-state index is -0.170. The Hall–Kier alpha value is -0.530. The predicted molar refractivity (Wildman–Crippen MR) is 47.7 cm³/mol. The van der Waals surface area contributed by atoms with E-state index in [1.807, 2.05) is 6.92 Å². The Morgan fingerprint density at radius 2 is 2.25 bits per heavy atom. The molecule has 2 nitrogen and oxygen atoms in total. The molecule has 0 aliphatic heterocycles. The first-order chi connectivity index (χ1) is 5.57. The number of ether oxygens (including phenoxy) is 1. The second-order valence-corrected chi connectivity index (χ2v) is 4.41. The molecular formula is C10H18O2. The zero-order valence-corrected chi connectivity index (χ0v) is 8.17. The van der Waals surface area contributed by atoms with E-state index in [2.05, 4.69) is 13.8 Å². The van der Waals surface area contributed by atoms with Crippen LogP contribution in [0.1, 0.15) is 40.0 Å². The van der Waals surface area contributed by atoms with Gasteiger partial charge in [0.25, 0.3) is 6.47 Å². The van der Waals surface area contributed by atoms with Crippen LogP contribution < -0.4 is 0 Å². The normalized spacial score (nSPS) is 35.5. The van der Waals surface area contributed by atoms with Crippen molar-refractivity contribution in [2.45, 2.75) is 45.6 Å². The Morgan fingerprint density at radius 3 is 2.67 bits per heavy atom. The zero-order valence-electron chi connectivity index (χ0n) is 8.17. The van der Waals surface area contributed by atoms with Gasteiger partial charge in [0.1, 0.15) is 5.60 Å². The van der Waals surface area contributed by atoms with Gasteiger partial charge in [0.15, 0.2) is 0 Å². The number of rotatable bonds is 3. The van der Waals surface area contributed by atoms with Crippen LogP contribution in [0.5, 0.6) is 0 Å². The first-order valence-electron chi connectivity index (χ1n) is 4.69. The molecule has 1 saturated carbocycles. The topological polar surface area (TPSA) is 26.3 Å². The van der Waals surface area contributed by atoms with Crippen molar-refractivity contribution < 1.29 is 9.53 Å². The first-order valence-corrected chi connectivity index (χ1v) is 4.69. The molecule has 0 radical (unpaired) electrons. The van der Waals surface area contributed by atoms with E-state index < -0.39 is 0 Å². The van der Waals surface area contributed by atoms with E-state index in [0.29, 0.717) is 12.4 Å². The summed E-state index contributed by atoms with van der Waals surface area (Å²) in [5, 5.41) is 0. The summed E-state index contributed by atoms with van der Waals surface area (Å²) in [5.74, 6) is 1.44. The molecule has 0 saturated heterocycles. The molecule has 0 N–H and O–H groups in total. The maximum Gasteiger partial charge on any atom is 0.293 e. The summed E-state index contributed by atoms with van der Waals surface area (Å²) in [6.45, 7) is 7.08. The van der Waals surface area contributed by atoms with Crippen LogP contribution in [0.3, 0.4) is 0 Å². The van der Waals surface area contributed by atoms with Gasteiger partial charge in [-0.05, 0) is 38.0 Å². The molecule has 12 heavy (non-hydrogen) atoms. The molecule has 2 heteroatoms. The fourth-order valence-corrected chi connectivity index (χ4v) is 2.04. The average Bonchev–Trinajstić information content (AvgIpc) is 2.33. The highest BCUT2D eigenvalue weighted by Crippen LogP contribution is 2.40. The summed E-state index contributed by atoms with van der Waals surface area (Å²) < 4.78 is 5.09. The Kier molecular flexibility index (Phi) is 2.76. The lowest BCUT2D eigenvalue weighted by molar-refractivity contribution is -0.141. The van der Waals surface area contributed by atoms with Crippen molar-refractivity contribution in [3.05, 3.63) is 0 Å². The largest absolute Gasteiger partial charge is 0.462 e. The molecule has 1 fully saturated rings. The highest BCUT2D eigenvalue weighted by atomic mass is 16.5. The smallest absolute Gasteiger partial charge is 0.293 e. The standard InChI is InChI=1S/C10H18O2/c1-8(2)9-4-5-10(3,6-9)12-7-11/h7-9H,4-6H2,1-3H3. The summed E-state index contributed by atoms with van der Waals surface area (Å²) in [6.07, 6.45) is 3.25. The number of carbonyl (C=O) groups excluding carboxylic acids is 1. The third kappa shape index (κ3) is 1.99. The summed E-state index contributed by atoms with van der Waals surface area (Å²) in [4.78, 5) is 10.2. The molecule has 0 aromatic rings. The van der Waals surface area contributed by atoms with Crippen LogP contribution in [0.15, 0.2) is 0 Å². The number of carbonyl (C=O) groups is 1. The fourth-order valence-electron chi connectivity index (χ4n) is 2.04. The van der Waals surface area contributed by atoms with Crippen LogP contribution in [0.25, 0.3) is 0 Å². The van der Waals surface area contributed by atoms with Crippen molar-refractivity contribution in [3.8, 4) is 0 Å². The average molecular weight is 170 g/mol. The van der Waals surface area contributed by atoms with Crippen LogP contribution in [-0.2, 0) is 9.53 Å². The van der Waals surface area contributed by atoms with Crippen LogP contribution in [0.2, 0.25) is 0 Å². The molecule has 0 aromatic carbocycles. The van der Waals surface area contributed by atoms with Gasteiger partial charge in [0.2, 0.25) is 0 Å². The van der Waals surface area contributed by atoms with Crippen LogP contribution >= 0.6 is 0 Å². The number of hydrogen-bond acceptors (Lipinski definition) is 2. The maximum atomic E-state index is 10.2. The lowest BCUT2D eigenvalue weighted by atomic mass is 9.93. The molecule has 0 bridgehead atoms. The molecule has 1 aliphatic rings. The molecule has 0 spiro atoms. The third-order valence-corrected chi connectivity index (χ3v) is 3.01. The van der Waals surface area contributed by atoms with Crippen LogP contribution in [0, 0.1) is 11.8 Å². The Bertz CT molecular complexity index is 165. The van der Waals surface area contributed by atoms with Gasteiger partial charge in [0.05, 0.1) is 0 Å². The van der Waals surface area contributed by atoms with E-state index in [-0.39, 0.29) is 5.60 Å². The molecule has 2 atom stereocenters. The lowest BCUT2D eigenvalue weighted by Gasteiger charge is -2.22. The molecule has 1 aliphatic carbocycles. The van der Waals surface area contributed by atoms with E-state index in [1.54, 1.807) is 0 Å². The summed E-state index contributed by atoms with van der Waals surface area (Å²) in [6, 6.07) is 0. The summed E-state index contributed by atoms with van der Waals surface area (Å²) in [5.41, 5.74) is -0.170. The second kappa shape index (κ2) is 3.46. The van der Waals surface area contributed by atoms with Gasteiger partial charge >= 0.3 is 0 Å². The lowest BCUT2D eigenvalue weighted by Crippen LogP contribution is -2.24. The van der Waals surface area contributed by atoms with Gasteiger partial charge in [-0.3, -0.25) is 4.79 Å². The molecular weight excluding hydrogens is 152 g/mol. The van der Waals surface area contributed by atoms with E-state index >= 15 is 0 Å².